The van der Waals surface area contributed by atoms with Crippen LogP contribution in [0.25, 0.3) is 21.6 Å². The van der Waals surface area contributed by atoms with E-state index in [4.69, 9.17) is 4.74 Å². The Morgan fingerprint density at radius 3 is 2.84 bits per heavy atom. The fourth-order valence-electron chi connectivity index (χ4n) is 3.74. The smallest absolute Gasteiger partial charge is 0.410 e. The van der Waals surface area contributed by atoms with Gasteiger partial charge in [-0.15, -0.1) is 11.3 Å². The molecule has 0 unspecified atom stereocenters. The van der Waals surface area contributed by atoms with Crippen molar-refractivity contribution in [3.63, 3.8) is 0 Å². The second-order valence-electron chi connectivity index (χ2n) is 8.81. The zero-order chi connectivity index (χ0) is 22.9. The van der Waals surface area contributed by atoms with Crippen LogP contribution in [0.5, 0.6) is 0 Å². The summed E-state index contributed by atoms with van der Waals surface area (Å²) in [6, 6.07) is 2.02. The van der Waals surface area contributed by atoms with Gasteiger partial charge in [-0.3, -0.25) is 4.79 Å². The topological polar surface area (TPSA) is 112 Å². The van der Waals surface area contributed by atoms with Gasteiger partial charge in [-0.25, -0.2) is 14.8 Å². The molecule has 10 heteroatoms. The molecular weight excluding hydrogens is 428 g/mol. The molecule has 4 rings (SSSR count). The van der Waals surface area contributed by atoms with Crippen LogP contribution in [0, 0.1) is 0 Å². The minimum atomic E-state index is -0.527. The summed E-state index contributed by atoms with van der Waals surface area (Å²) >= 11 is 1.32. The van der Waals surface area contributed by atoms with Crippen molar-refractivity contribution in [2.45, 2.75) is 45.3 Å². The number of anilines is 1. The molecule has 2 amide bonds. The summed E-state index contributed by atoms with van der Waals surface area (Å²) in [6.45, 7) is 6.84. The second kappa shape index (κ2) is 8.78. The van der Waals surface area contributed by atoms with Crippen LogP contribution < -0.4 is 10.6 Å². The predicted molar refractivity (Wildman–Crippen MR) is 125 cm³/mol. The molecule has 32 heavy (non-hydrogen) atoms. The summed E-state index contributed by atoms with van der Waals surface area (Å²) in [5, 5.41) is 7.91. The molecule has 1 saturated heterocycles. The third-order valence-corrected chi connectivity index (χ3v) is 6.22. The van der Waals surface area contributed by atoms with E-state index < -0.39 is 5.60 Å². The SMILES string of the molecule is CNC(=O)c1cnc(-c2cnc3[nH]ccc3c2N[C@@H]2CCCN(C(=O)OC(C)(C)C)C2)s1. The van der Waals surface area contributed by atoms with Gasteiger partial charge in [-0.2, -0.15) is 0 Å². The van der Waals surface area contributed by atoms with E-state index in [0.717, 1.165) is 35.1 Å². The first-order valence-electron chi connectivity index (χ1n) is 10.6. The minimum Gasteiger partial charge on any atom is -0.444 e. The van der Waals surface area contributed by atoms with Crippen molar-refractivity contribution < 1.29 is 14.3 Å². The summed E-state index contributed by atoms with van der Waals surface area (Å²) in [6.07, 6.45) is 6.70. The summed E-state index contributed by atoms with van der Waals surface area (Å²) in [4.78, 5) is 39.0. The van der Waals surface area contributed by atoms with Crippen molar-refractivity contribution in [3.05, 3.63) is 29.5 Å². The van der Waals surface area contributed by atoms with E-state index in [1.54, 1.807) is 24.3 Å². The first-order chi connectivity index (χ1) is 15.2. The number of rotatable bonds is 4. The summed E-state index contributed by atoms with van der Waals surface area (Å²) in [5.41, 5.74) is 1.95. The lowest BCUT2D eigenvalue weighted by Crippen LogP contribution is -2.47. The van der Waals surface area contributed by atoms with Crippen LogP contribution in [-0.4, -0.2) is 63.6 Å². The summed E-state index contributed by atoms with van der Waals surface area (Å²) < 4.78 is 5.56. The number of likely N-dealkylation sites (tertiary alicyclic amines) is 1. The monoisotopic (exact) mass is 456 g/mol. The van der Waals surface area contributed by atoms with Crippen molar-refractivity contribution in [2.24, 2.45) is 0 Å². The molecule has 9 nitrogen and oxygen atoms in total. The average Bonchev–Trinajstić information content (AvgIpc) is 3.42. The largest absolute Gasteiger partial charge is 0.444 e. The number of ether oxygens (including phenoxy) is 1. The van der Waals surface area contributed by atoms with E-state index in [-0.39, 0.29) is 18.0 Å². The molecule has 1 aliphatic heterocycles. The number of fused-ring (bicyclic) bond motifs is 1. The Labute approximate surface area is 190 Å². The van der Waals surface area contributed by atoms with Gasteiger partial charge in [0.05, 0.1) is 17.4 Å². The maximum atomic E-state index is 12.6. The predicted octanol–water partition coefficient (Wildman–Crippen LogP) is 3.86. The highest BCUT2D eigenvalue weighted by Gasteiger charge is 2.28. The standard InChI is InChI=1S/C22H28N6O3S/c1-22(2,3)31-21(30)28-9-5-6-13(12-28)27-17-14-7-8-24-18(14)25-10-15(17)20-26-11-16(32-20)19(29)23-4/h7-8,10-11,13H,5-6,9,12H2,1-4H3,(H,23,29)(H2,24,25,27)/t13-/m1/s1. The first-order valence-corrected chi connectivity index (χ1v) is 11.5. The van der Waals surface area contributed by atoms with Gasteiger partial charge in [0.25, 0.3) is 5.91 Å². The summed E-state index contributed by atoms with van der Waals surface area (Å²) in [7, 11) is 1.60. The molecule has 1 fully saturated rings. The number of H-pyrrole nitrogens is 1. The van der Waals surface area contributed by atoms with E-state index in [2.05, 4.69) is 25.6 Å². The van der Waals surface area contributed by atoms with Gasteiger partial charge >= 0.3 is 6.09 Å². The van der Waals surface area contributed by atoms with Crippen molar-refractivity contribution in [2.75, 3.05) is 25.5 Å². The van der Waals surface area contributed by atoms with Crippen molar-refractivity contribution in [1.29, 1.82) is 0 Å². The average molecular weight is 457 g/mol. The highest BCUT2D eigenvalue weighted by Crippen LogP contribution is 2.36. The number of nitrogens with zero attached hydrogens (tertiary/aromatic N) is 3. The molecule has 3 aromatic heterocycles. The zero-order valence-electron chi connectivity index (χ0n) is 18.7. The van der Waals surface area contributed by atoms with E-state index >= 15 is 0 Å². The Bertz CT molecular complexity index is 1130. The number of carbonyl (C=O) groups excluding carboxylic acids is 2. The highest BCUT2D eigenvalue weighted by molar-refractivity contribution is 7.17. The Hall–Kier alpha value is -3.14. The van der Waals surface area contributed by atoms with Gasteiger partial charge in [0.2, 0.25) is 0 Å². The number of nitrogens with one attached hydrogen (secondary N) is 3. The lowest BCUT2D eigenvalue weighted by molar-refractivity contribution is 0.0206. The molecule has 0 radical (unpaired) electrons. The number of hydrogen-bond acceptors (Lipinski definition) is 7. The first kappa shape index (κ1) is 22.1. The molecule has 170 valence electrons. The number of thiazole rings is 1. The lowest BCUT2D eigenvalue weighted by Gasteiger charge is -2.35. The molecular formula is C22H28N6O3S. The van der Waals surface area contributed by atoms with Crippen LogP contribution >= 0.6 is 11.3 Å². The van der Waals surface area contributed by atoms with Crippen molar-refractivity contribution in [1.82, 2.24) is 25.2 Å². The van der Waals surface area contributed by atoms with E-state index in [1.807, 2.05) is 33.0 Å². The van der Waals surface area contributed by atoms with Gasteiger partial charge < -0.3 is 25.3 Å². The van der Waals surface area contributed by atoms with Crippen LogP contribution in [0.2, 0.25) is 0 Å². The Kier molecular flexibility index (Phi) is 6.05. The van der Waals surface area contributed by atoms with Crippen LogP contribution in [0.1, 0.15) is 43.3 Å². The van der Waals surface area contributed by atoms with Gasteiger partial charge in [0.1, 0.15) is 21.1 Å². The number of hydrogen-bond donors (Lipinski definition) is 3. The molecule has 0 spiro atoms. The molecule has 1 atom stereocenters. The van der Waals surface area contributed by atoms with Gasteiger partial charge in [0, 0.05) is 44.0 Å². The minimum absolute atomic E-state index is 0.0499. The van der Waals surface area contributed by atoms with E-state index in [0.29, 0.717) is 23.0 Å². The molecule has 3 N–H and O–H groups in total. The van der Waals surface area contributed by atoms with Gasteiger partial charge in [0.15, 0.2) is 0 Å². The number of aromatic amines is 1. The number of piperidine rings is 1. The number of aromatic nitrogens is 3. The highest BCUT2D eigenvalue weighted by atomic mass is 32.1. The zero-order valence-corrected chi connectivity index (χ0v) is 19.5. The Morgan fingerprint density at radius 2 is 2.09 bits per heavy atom. The maximum Gasteiger partial charge on any atom is 0.410 e. The van der Waals surface area contributed by atoms with Crippen LogP contribution in [-0.2, 0) is 4.74 Å². The maximum absolute atomic E-state index is 12.6. The van der Waals surface area contributed by atoms with Gasteiger partial charge in [-0.1, -0.05) is 0 Å². The summed E-state index contributed by atoms with van der Waals surface area (Å²) in [5.74, 6) is -0.167. The lowest BCUT2D eigenvalue weighted by atomic mass is 10.0. The fourth-order valence-corrected chi connectivity index (χ4v) is 4.62. The van der Waals surface area contributed by atoms with Gasteiger partial charge in [-0.05, 0) is 39.7 Å². The van der Waals surface area contributed by atoms with E-state index in [1.165, 1.54) is 11.3 Å². The Morgan fingerprint density at radius 1 is 1.28 bits per heavy atom. The molecule has 0 aromatic carbocycles. The van der Waals surface area contributed by atoms with E-state index in [9.17, 15) is 9.59 Å². The third-order valence-electron chi connectivity index (χ3n) is 5.20. The number of carbonyl (C=O) groups is 2. The second-order valence-corrected chi connectivity index (χ2v) is 9.84. The normalized spacial score (nSPS) is 16.8. The number of pyridine rings is 1. The molecule has 1 aliphatic rings. The molecule has 3 aromatic rings. The fraction of sp³-hybridized carbons (Fsp3) is 0.455. The van der Waals surface area contributed by atoms with Crippen LogP contribution in [0.3, 0.4) is 0 Å². The van der Waals surface area contributed by atoms with Crippen LogP contribution in [0.15, 0.2) is 24.7 Å². The molecule has 4 heterocycles. The molecule has 0 bridgehead atoms. The van der Waals surface area contributed by atoms with Crippen molar-refractivity contribution >= 4 is 40.1 Å². The van der Waals surface area contributed by atoms with Crippen molar-refractivity contribution in [3.8, 4) is 10.6 Å². The Balaban J connectivity index is 1.61. The third kappa shape index (κ3) is 4.69. The molecule has 0 saturated carbocycles. The quantitative estimate of drug-likeness (QED) is 0.550. The molecule has 0 aliphatic carbocycles. The van der Waals surface area contributed by atoms with Crippen LogP contribution in [0.4, 0.5) is 10.5 Å². The number of amides is 2.